The summed E-state index contributed by atoms with van der Waals surface area (Å²) in [7, 11) is 1.68. The van der Waals surface area contributed by atoms with Crippen LogP contribution in [0.2, 0.25) is 0 Å². The lowest BCUT2D eigenvalue weighted by Crippen LogP contribution is -2.57. The van der Waals surface area contributed by atoms with Crippen molar-refractivity contribution in [3.63, 3.8) is 0 Å². The van der Waals surface area contributed by atoms with E-state index in [1.54, 1.807) is 16.8 Å². The number of amides is 2. The smallest absolute Gasteiger partial charge is 0.309 e. The van der Waals surface area contributed by atoms with Gasteiger partial charge in [-0.15, -0.1) is 0 Å². The molecule has 2 saturated heterocycles. The van der Waals surface area contributed by atoms with Gasteiger partial charge in [0.05, 0.1) is 11.5 Å². The zero-order valence-corrected chi connectivity index (χ0v) is 15.8. The number of piperidine rings is 1. The molecule has 0 aliphatic carbocycles. The second-order valence-electron chi connectivity index (χ2n) is 7.72. The maximum Gasteiger partial charge on any atom is 0.309 e. The quantitative estimate of drug-likeness (QED) is 0.835. The summed E-state index contributed by atoms with van der Waals surface area (Å²) in [6.07, 6.45) is 2.03. The molecule has 0 saturated carbocycles. The number of fused-ring (bicyclic) bond motifs is 1. The minimum atomic E-state index is -0.930. The van der Waals surface area contributed by atoms with Gasteiger partial charge in [-0.1, -0.05) is 6.07 Å². The SMILES string of the molecule is CN1C(=O)C[C@H](C(=O)O)C12CCN(C(=O)CCc1ccc3c(c1)OCO3)CC2. The first kappa shape index (κ1) is 18.6. The molecular formula is C20H24N2O6. The molecule has 1 aromatic carbocycles. The van der Waals surface area contributed by atoms with Crippen molar-refractivity contribution in [2.45, 2.75) is 37.6 Å². The standard InChI is InChI=1S/C20H24N2O6/c1-21-18(24)11-14(19(25)26)20(21)6-8-22(9-7-20)17(23)5-3-13-2-4-15-16(10-13)28-12-27-15/h2,4,10,14H,3,5-9,11-12H2,1H3,(H,25,26)/t14-/m1/s1. The number of carbonyl (C=O) groups excluding carboxylic acids is 2. The van der Waals surface area contributed by atoms with Gasteiger partial charge in [-0.2, -0.15) is 0 Å². The third kappa shape index (κ3) is 3.06. The molecule has 8 heteroatoms. The van der Waals surface area contributed by atoms with Crippen LogP contribution in [-0.2, 0) is 20.8 Å². The number of aryl methyl sites for hydroxylation is 1. The van der Waals surface area contributed by atoms with Crippen LogP contribution in [0.5, 0.6) is 11.5 Å². The highest BCUT2D eigenvalue weighted by molar-refractivity contribution is 5.88. The van der Waals surface area contributed by atoms with Crippen LogP contribution in [0, 0.1) is 5.92 Å². The monoisotopic (exact) mass is 388 g/mol. The summed E-state index contributed by atoms with van der Waals surface area (Å²) < 4.78 is 10.7. The fraction of sp³-hybridized carbons (Fsp3) is 0.550. The first-order valence-corrected chi connectivity index (χ1v) is 9.56. The van der Waals surface area contributed by atoms with Crippen molar-refractivity contribution in [2.75, 3.05) is 26.9 Å². The Morgan fingerprint density at radius 2 is 1.93 bits per heavy atom. The Morgan fingerprint density at radius 3 is 2.64 bits per heavy atom. The second-order valence-corrected chi connectivity index (χ2v) is 7.72. The van der Waals surface area contributed by atoms with Crippen molar-refractivity contribution in [1.29, 1.82) is 0 Å². The summed E-state index contributed by atoms with van der Waals surface area (Å²) in [6.45, 7) is 1.17. The van der Waals surface area contributed by atoms with E-state index in [1.165, 1.54) is 0 Å². The van der Waals surface area contributed by atoms with Gasteiger partial charge in [0.1, 0.15) is 0 Å². The first-order valence-electron chi connectivity index (χ1n) is 9.56. The van der Waals surface area contributed by atoms with Crippen LogP contribution in [0.1, 0.15) is 31.2 Å². The van der Waals surface area contributed by atoms with Crippen molar-refractivity contribution in [3.05, 3.63) is 23.8 Å². The summed E-state index contributed by atoms with van der Waals surface area (Å²) in [5.74, 6) is -0.282. The van der Waals surface area contributed by atoms with Crippen LogP contribution in [0.4, 0.5) is 0 Å². The molecule has 1 spiro atoms. The molecule has 8 nitrogen and oxygen atoms in total. The van der Waals surface area contributed by atoms with Crippen molar-refractivity contribution in [3.8, 4) is 11.5 Å². The number of carboxylic acids is 1. The van der Waals surface area contributed by atoms with E-state index < -0.39 is 17.4 Å². The Kier molecular flexibility index (Phi) is 4.64. The molecular weight excluding hydrogens is 364 g/mol. The first-order chi connectivity index (χ1) is 13.4. The number of carboxylic acid groups (broad SMARTS) is 1. The number of nitrogens with zero attached hydrogens (tertiary/aromatic N) is 2. The lowest BCUT2D eigenvalue weighted by atomic mass is 9.77. The number of likely N-dealkylation sites (tertiary alicyclic amines) is 2. The van der Waals surface area contributed by atoms with Crippen molar-refractivity contribution in [2.24, 2.45) is 5.92 Å². The highest BCUT2D eigenvalue weighted by Crippen LogP contribution is 2.43. The molecule has 1 aromatic rings. The fourth-order valence-electron chi connectivity index (χ4n) is 4.63. The summed E-state index contributed by atoms with van der Waals surface area (Å²) in [6, 6.07) is 5.69. The molecule has 4 rings (SSSR count). The third-order valence-electron chi connectivity index (χ3n) is 6.41. The van der Waals surface area contributed by atoms with Gasteiger partial charge in [0, 0.05) is 33.0 Å². The van der Waals surface area contributed by atoms with Crippen LogP contribution < -0.4 is 9.47 Å². The number of rotatable bonds is 4. The molecule has 0 aromatic heterocycles. The molecule has 0 unspecified atom stereocenters. The number of carbonyl (C=O) groups is 3. The number of aliphatic carboxylic acids is 1. The largest absolute Gasteiger partial charge is 0.481 e. The molecule has 3 aliphatic heterocycles. The molecule has 0 radical (unpaired) electrons. The van der Waals surface area contributed by atoms with Gasteiger partial charge in [-0.3, -0.25) is 14.4 Å². The average molecular weight is 388 g/mol. The predicted molar refractivity (Wildman–Crippen MR) is 97.9 cm³/mol. The van der Waals surface area contributed by atoms with Crippen molar-refractivity contribution < 1.29 is 29.0 Å². The van der Waals surface area contributed by atoms with E-state index in [-0.39, 0.29) is 25.0 Å². The minimum absolute atomic E-state index is 0.0455. The molecule has 28 heavy (non-hydrogen) atoms. The molecule has 1 atom stereocenters. The van der Waals surface area contributed by atoms with Gasteiger partial charge in [-0.25, -0.2) is 0 Å². The Morgan fingerprint density at radius 1 is 1.21 bits per heavy atom. The minimum Gasteiger partial charge on any atom is -0.481 e. The molecule has 0 bridgehead atoms. The van der Waals surface area contributed by atoms with E-state index in [0.29, 0.717) is 44.5 Å². The Balaban J connectivity index is 1.35. The fourth-order valence-corrected chi connectivity index (χ4v) is 4.63. The Hall–Kier alpha value is -2.77. The number of ether oxygens (including phenoxy) is 2. The van der Waals surface area contributed by atoms with Crippen molar-refractivity contribution in [1.82, 2.24) is 9.80 Å². The van der Waals surface area contributed by atoms with E-state index in [9.17, 15) is 19.5 Å². The summed E-state index contributed by atoms with van der Waals surface area (Å²) >= 11 is 0. The van der Waals surface area contributed by atoms with Crippen LogP contribution in [0.3, 0.4) is 0 Å². The van der Waals surface area contributed by atoms with Crippen LogP contribution in [0.15, 0.2) is 18.2 Å². The lowest BCUT2D eigenvalue weighted by molar-refractivity contribution is -0.147. The van der Waals surface area contributed by atoms with E-state index in [1.807, 2.05) is 18.2 Å². The van der Waals surface area contributed by atoms with Gasteiger partial charge in [-0.05, 0) is 37.0 Å². The van der Waals surface area contributed by atoms with Crippen LogP contribution in [0.25, 0.3) is 0 Å². The number of hydrogen-bond acceptors (Lipinski definition) is 5. The van der Waals surface area contributed by atoms with Crippen LogP contribution in [-0.4, -0.2) is 65.2 Å². The second kappa shape index (κ2) is 7.00. The van der Waals surface area contributed by atoms with E-state index in [2.05, 4.69) is 0 Å². The van der Waals surface area contributed by atoms with Gasteiger partial charge in [0.25, 0.3) is 0 Å². The summed E-state index contributed by atoms with van der Waals surface area (Å²) in [4.78, 5) is 39.7. The van der Waals surface area contributed by atoms with Gasteiger partial charge < -0.3 is 24.4 Å². The van der Waals surface area contributed by atoms with Crippen LogP contribution >= 0.6 is 0 Å². The maximum atomic E-state index is 12.6. The topological polar surface area (TPSA) is 96.4 Å². The summed E-state index contributed by atoms with van der Waals surface area (Å²) in [5.41, 5.74) is 0.343. The molecule has 3 aliphatic rings. The average Bonchev–Trinajstić information content (AvgIpc) is 3.25. The van der Waals surface area contributed by atoms with Gasteiger partial charge >= 0.3 is 5.97 Å². The zero-order chi connectivity index (χ0) is 19.9. The third-order valence-corrected chi connectivity index (χ3v) is 6.41. The number of hydrogen-bond donors (Lipinski definition) is 1. The van der Waals surface area contributed by atoms with E-state index in [0.717, 1.165) is 11.3 Å². The molecule has 3 heterocycles. The Bertz CT molecular complexity index is 815. The zero-order valence-electron chi connectivity index (χ0n) is 15.8. The molecule has 2 amide bonds. The maximum absolute atomic E-state index is 12.6. The van der Waals surface area contributed by atoms with Crippen molar-refractivity contribution >= 4 is 17.8 Å². The molecule has 2 fully saturated rings. The molecule has 150 valence electrons. The lowest BCUT2D eigenvalue weighted by Gasteiger charge is -2.45. The normalized spacial score (nSPS) is 22.8. The highest BCUT2D eigenvalue weighted by Gasteiger charge is 2.55. The highest BCUT2D eigenvalue weighted by atomic mass is 16.7. The van der Waals surface area contributed by atoms with Gasteiger partial charge in [0.15, 0.2) is 11.5 Å². The summed E-state index contributed by atoms with van der Waals surface area (Å²) in [5, 5.41) is 9.54. The van der Waals surface area contributed by atoms with E-state index in [4.69, 9.17) is 9.47 Å². The number of benzene rings is 1. The Labute approximate surface area is 163 Å². The predicted octanol–water partition coefficient (Wildman–Crippen LogP) is 1.27. The molecule has 1 N–H and O–H groups in total. The van der Waals surface area contributed by atoms with Gasteiger partial charge in [0.2, 0.25) is 18.6 Å². The van der Waals surface area contributed by atoms with E-state index >= 15 is 0 Å².